The molecule has 0 bridgehead atoms. The minimum Gasteiger partial charge on any atom is -0.335 e. The molecule has 2 aromatic rings. The summed E-state index contributed by atoms with van der Waals surface area (Å²) >= 11 is 1.71. The van der Waals surface area contributed by atoms with Crippen molar-refractivity contribution in [2.45, 2.75) is 24.0 Å². The van der Waals surface area contributed by atoms with E-state index in [9.17, 15) is 9.59 Å². The van der Waals surface area contributed by atoms with Crippen LogP contribution in [0.25, 0.3) is 0 Å². The second-order valence-corrected chi connectivity index (χ2v) is 8.23. The highest BCUT2D eigenvalue weighted by atomic mass is 32.2. The van der Waals surface area contributed by atoms with E-state index < -0.39 is 0 Å². The summed E-state index contributed by atoms with van der Waals surface area (Å²) in [4.78, 5) is 30.2. The number of piperazine rings is 1. The van der Waals surface area contributed by atoms with E-state index in [0.717, 1.165) is 10.5 Å². The van der Waals surface area contributed by atoms with Crippen LogP contribution in [-0.2, 0) is 0 Å². The summed E-state index contributed by atoms with van der Waals surface area (Å²) in [6, 6.07) is 17.1. The average molecular weight is 369 g/mol. The van der Waals surface area contributed by atoms with Crippen LogP contribution in [0, 0.1) is 0 Å². The molecular weight excluding hydrogens is 344 g/mol. The Hall–Kier alpha value is -2.27. The van der Waals surface area contributed by atoms with Crippen molar-refractivity contribution in [2.24, 2.45) is 0 Å². The van der Waals surface area contributed by atoms with Gasteiger partial charge in [-0.1, -0.05) is 44.2 Å². The first-order valence-electron chi connectivity index (χ1n) is 8.95. The van der Waals surface area contributed by atoms with Crippen LogP contribution in [0.3, 0.4) is 0 Å². The summed E-state index contributed by atoms with van der Waals surface area (Å²) in [5.41, 5.74) is 1.46. The van der Waals surface area contributed by atoms with Crippen LogP contribution in [0.4, 0.5) is 0 Å². The summed E-state index contributed by atoms with van der Waals surface area (Å²) in [7, 11) is 0. The van der Waals surface area contributed by atoms with E-state index in [1.807, 2.05) is 64.4 Å². The van der Waals surface area contributed by atoms with Gasteiger partial charge in [-0.2, -0.15) is 0 Å². The van der Waals surface area contributed by atoms with Gasteiger partial charge in [0.15, 0.2) is 0 Å². The number of nitrogens with zero attached hydrogens (tertiary/aromatic N) is 2. The molecule has 4 nitrogen and oxygen atoms in total. The highest BCUT2D eigenvalue weighted by Gasteiger charge is 2.26. The minimum absolute atomic E-state index is 0.0356. The van der Waals surface area contributed by atoms with Crippen LogP contribution in [0.1, 0.15) is 34.6 Å². The topological polar surface area (TPSA) is 40.6 Å². The molecule has 0 unspecified atom stereocenters. The largest absolute Gasteiger partial charge is 0.335 e. The molecule has 0 spiro atoms. The maximum atomic E-state index is 13.0. The maximum Gasteiger partial charge on any atom is 0.255 e. The predicted octanol–water partition coefficient (Wildman–Crippen LogP) is 3.79. The first kappa shape index (κ1) is 18.5. The lowest BCUT2D eigenvalue weighted by Gasteiger charge is -2.35. The fraction of sp³-hybridized carbons (Fsp3) is 0.333. The second-order valence-electron chi connectivity index (χ2n) is 6.61. The second kappa shape index (κ2) is 8.41. The Labute approximate surface area is 159 Å². The highest BCUT2D eigenvalue weighted by Crippen LogP contribution is 2.27. The number of benzene rings is 2. The third kappa shape index (κ3) is 4.28. The minimum atomic E-state index is 0.0356. The molecule has 2 amide bonds. The molecule has 2 aromatic carbocycles. The van der Waals surface area contributed by atoms with Gasteiger partial charge in [-0.05, 0) is 24.3 Å². The smallest absolute Gasteiger partial charge is 0.255 e. The van der Waals surface area contributed by atoms with E-state index in [0.29, 0.717) is 37.0 Å². The van der Waals surface area contributed by atoms with Crippen molar-refractivity contribution in [3.63, 3.8) is 0 Å². The molecule has 5 heteroatoms. The Balaban J connectivity index is 1.65. The molecular formula is C21H24N2O2S. The Morgan fingerprint density at radius 1 is 0.808 bits per heavy atom. The number of hydrogen-bond donors (Lipinski definition) is 0. The van der Waals surface area contributed by atoms with Crippen molar-refractivity contribution in [1.82, 2.24) is 9.80 Å². The lowest BCUT2D eigenvalue weighted by Crippen LogP contribution is -2.50. The van der Waals surface area contributed by atoms with Crippen molar-refractivity contribution in [3.05, 3.63) is 65.7 Å². The van der Waals surface area contributed by atoms with Crippen LogP contribution >= 0.6 is 11.8 Å². The third-order valence-corrected chi connectivity index (χ3v) is 5.44. The molecule has 3 rings (SSSR count). The van der Waals surface area contributed by atoms with Gasteiger partial charge in [0, 0.05) is 41.9 Å². The SMILES string of the molecule is CC(C)Sc1ccccc1C(=O)N1CCN(C(=O)c2ccccc2)CC1. The van der Waals surface area contributed by atoms with Gasteiger partial charge in [0.2, 0.25) is 0 Å². The molecule has 0 radical (unpaired) electrons. The van der Waals surface area contributed by atoms with Gasteiger partial charge in [0.05, 0.1) is 5.56 Å². The summed E-state index contributed by atoms with van der Waals surface area (Å²) in [6.07, 6.45) is 0. The van der Waals surface area contributed by atoms with Crippen LogP contribution in [0.15, 0.2) is 59.5 Å². The van der Waals surface area contributed by atoms with Crippen LogP contribution in [0.5, 0.6) is 0 Å². The summed E-state index contributed by atoms with van der Waals surface area (Å²) in [5, 5.41) is 0.421. The number of carbonyl (C=O) groups excluding carboxylic acids is 2. The first-order chi connectivity index (χ1) is 12.6. The van der Waals surface area contributed by atoms with Crippen LogP contribution in [-0.4, -0.2) is 53.0 Å². The van der Waals surface area contributed by atoms with Crippen molar-refractivity contribution in [3.8, 4) is 0 Å². The Bertz CT molecular complexity index is 769. The van der Waals surface area contributed by atoms with E-state index in [2.05, 4.69) is 13.8 Å². The molecule has 1 fully saturated rings. The Morgan fingerprint density at radius 2 is 1.35 bits per heavy atom. The van der Waals surface area contributed by atoms with Crippen molar-refractivity contribution < 1.29 is 9.59 Å². The number of thioether (sulfide) groups is 1. The summed E-state index contributed by atoms with van der Waals surface area (Å²) in [5.74, 6) is 0.0917. The van der Waals surface area contributed by atoms with E-state index >= 15 is 0 Å². The lowest BCUT2D eigenvalue weighted by molar-refractivity contribution is 0.0533. The fourth-order valence-electron chi connectivity index (χ4n) is 3.05. The summed E-state index contributed by atoms with van der Waals surface area (Å²) < 4.78 is 0. The lowest BCUT2D eigenvalue weighted by atomic mass is 10.1. The standard InChI is InChI=1S/C21H24N2O2S/c1-16(2)26-19-11-7-6-10-18(19)21(25)23-14-12-22(13-15-23)20(24)17-8-4-3-5-9-17/h3-11,16H,12-15H2,1-2H3. The van der Waals surface area contributed by atoms with Gasteiger partial charge in [0.25, 0.3) is 11.8 Å². The monoisotopic (exact) mass is 368 g/mol. The van der Waals surface area contributed by atoms with Gasteiger partial charge in [-0.3, -0.25) is 9.59 Å². The fourth-order valence-corrected chi connectivity index (χ4v) is 3.99. The molecule has 1 heterocycles. The molecule has 0 saturated carbocycles. The van der Waals surface area contributed by atoms with Crippen LogP contribution < -0.4 is 0 Å². The zero-order valence-corrected chi connectivity index (χ0v) is 16.0. The van der Waals surface area contributed by atoms with Gasteiger partial charge in [-0.15, -0.1) is 11.8 Å². The van der Waals surface area contributed by atoms with Crippen molar-refractivity contribution in [1.29, 1.82) is 0 Å². The van der Waals surface area contributed by atoms with Crippen molar-refractivity contribution in [2.75, 3.05) is 26.2 Å². The highest BCUT2D eigenvalue weighted by molar-refractivity contribution is 8.00. The zero-order valence-electron chi connectivity index (χ0n) is 15.2. The normalized spacial score (nSPS) is 14.6. The Morgan fingerprint density at radius 3 is 1.96 bits per heavy atom. The van der Waals surface area contributed by atoms with E-state index in [1.54, 1.807) is 11.8 Å². The zero-order chi connectivity index (χ0) is 18.5. The van der Waals surface area contributed by atoms with Gasteiger partial charge in [-0.25, -0.2) is 0 Å². The molecule has 1 saturated heterocycles. The number of rotatable bonds is 4. The number of amides is 2. The maximum absolute atomic E-state index is 13.0. The molecule has 0 atom stereocenters. The molecule has 136 valence electrons. The van der Waals surface area contributed by atoms with E-state index in [1.165, 1.54) is 0 Å². The third-order valence-electron chi connectivity index (χ3n) is 4.35. The molecule has 1 aliphatic rings. The van der Waals surface area contributed by atoms with E-state index in [-0.39, 0.29) is 11.8 Å². The van der Waals surface area contributed by atoms with Gasteiger partial charge in [0.1, 0.15) is 0 Å². The number of carbonyl (C=O) groups is 2. The molecule has 1 aliphatic heterocycles. The van der Waals surface area contributed by atoms with Gasteiger partial charge >= 0.3 is 0 Å². The molecule has 0 aromatic heterocycles. The van der Waals surface area contributed by atoms with Crippen LogP contribution in [0.2, 0.25) is 0 Å². The average Bonchev–Trinajstić information content (AvgIpc) is 2.68. The van der Waals surface area contributed by atoms with Crippen molar-refractivity contribution >= 4 is 23.6 Å². The Kier molecular flexibility index (Phi) is 5.99. The quantitative estimate of drug-likeness (QED) is 0.771. The van der Waals surface area contributed by atoms with E-state index in [4.69, 9.17) is 0 Å². The molecule has 0 N–H and O–H groups in total. The number of hydrogen-bond acceptors (Lipinski definition) is 3. The first-order valence-corrected chi connectivity index (χ1v) is 9.83. The molecule has 26 heavy (non-hydrogen) atoms. The summed E-state index contributed by atoms with van der Waals surface area (Å²) in [6.45, 7) is 6.52. The predicted molar refractivity (Wildman–Crippen MR) is 106 cm³/mol. The van der Waals surface area contributed by atoms with Gasteiger partial charge < -0.3 is 9.80 Å². The molecule has 0 aliphatic carbocycles.